The van der Waals surface area contributed by atoms with Gasteiger partial charge in [-0.2, -0.15) is 0 Å². The molecule has 1 saturated heterocycles. The highest BCUT2D eigenvalue weighted by atomic mass is 16.7. The van der Waals surface area contributed by atoms with E-state index >= 15 is 0 Å². The van der Waals surface area contributed by atoms with Crippen LogP contribution in [0.4, 0.5) is 5.82 Å². The Morgan fingerprint density at radius 1 is 1.43 bits per heavy atom. The van der Waals surface area contributed by atoms with E-state index in [1.807, 2.05) is 0 Å². The lowest BCUT2D eigenvalue weighted by Gasteiger charge is -2.40. The van der Waals surface area contributed by atoms with Crippen LogP contribution >= 0.6 is 0 Å². The molecule has 0 amide bonds. The van der Waals surface area contributed by atoms with Gasteiger partial charge in [-0.3, -0.25) is 4.57 Å². The first kappa shape index (κ1) is 16.2. The molecule has 0 N–H and O–H groups in total. The number of ether oxygens (including phenoxy) is 3. The molecular weight excluding hydrogens is 302 g/mol. The van der Waals surface area contributed by atoms with Crippen LogP contribution in [0.1, 0.15) is 40.0 Å². The fourth-order valence-corrected chi connectivity index (χ4v) is 3.04. The van der Waals surface area contributed by atoms with Gasteiger partial charge in [-0.05, 0) is 24.2 Å². The third-order valence-corrected chi connectivity index (χ3v) is 4.18. The molecule has 2 aliphatic heterocycles. The highest BCUT2D eigenvalue weighted by Crippen LogP contribution is 2.35. The van der Waals surface area contributed by atoms with Crippen molar-refractivity contribution in [2.24, 2.45) is 5.41 Å². The van der Waals surface area contributed by atoms with Crippen LogP contribution in [0.2, 0.25) is 0 Å². The molecule has 0 aliphatic carbocycles. The lowest BCUT2D eigenvalue weighted by Crippen LogP contribution is -2.50. The van der Waals surface area contributed by atoms with E-state index < -0.39 is 4.92 Å². The summed E-state index contributed by atoms with van der Waals surface area (Å²) in [5.41, 5.74) is -0.189. The number of aromatic nitrogens is 2. The van der Waals surface area contributed by atoms with Gasteiger partial charge in [0.05, 0.1) is 6.54 Å². The van der Waals surface area contributed by atoms with Crippen LogP contribution < -0.4 is 4.74 Å². The van der Waals surface area contributed by atoms with Crippen molar-refractivity contribution in [2.45, 2.75) is 65.1 Å². The van der Waals surface area contributed by atoms with Gasteiger partial charge in [0.25, 0.3) is 0 Å². The molecule has 8 heteroatoms. The summed E-state index contributed by atoms with van der Waals surface area (Å²) in [5.74, 6) is -0.206. The minimum atomic E-state index is -0.513. The molecular formula is C15H23N3O5. The summed E-state index contributed by atoms with van der Waals surface area (Å²) >= 11 is 0. The Morgan fingerprint density at radius 3 is 2.83 bits per heavy atom. The zero-order valence-electron chi connectivity index (χ0n) is 13.7. The van der Waals surface area contributed by atoms with Gasteiger partial charge in [0, 0.05) is 17.0 Å². The van der Waals surface area contributed by atoms with Crippen LogP contribution in [-0.4, -0.2) is 39.6 Å². The minimum Gasteiger partial charge on any atom is -0.439 e. The van der Waals surface area contributed by atoms with E-state index in [0.29, 0.717) is 13.2 Å². The average Bonchev–Trinajstić information content (AvgIpc) is 2.90. The van der Waals surface area contributed by atoms with Gasteiger partial charge in [0.2, 0.25) is 0 Å². The van der Waals surface area contributed by atoms with Gasteiger partial charge in [-0.15, -0.1) is 0 Å². The highest BCUT2D eigenvalue weighted by molar-refractivity contribution is 5.22. The topological polar surface area (TPSA) is 88.7 Å². The smallest absolute Gasteiger partial charge is 0.414 e. The molecule has 8 nitrogen and oxygen atoms in total. The zero-order chi connectivity index (χ0) is 16.6. The summed E-state index contributed by atoms with van der Waals surface area (Å²) in [6.07, 6.45) is 3.68. The normalized spacial score (nSPS) is 28.0. The van der Waals surface area contributed by atoms with E-state index in [-0.39, 0.29) is 35.7 Å². The van der Waals surface area contributed by atoms with Crippen molar-refractivity contribution < 1.29 is 19.1 Å². The predicted octanol–water partition coefficient (Wildman–Crippen LogP) is 2.51. The third kappa shape index (κ3) is 3.48. The maximum atomic E-state index is 10.9. The van der Waals surface area contributed by atoms with Crippen molar-refractivity contribution in [2.75, 3.05) is 6.61 Å². The summed E-state index contributed by atoms with van der Waals surface area (Å²) in [5, 5.41) is 10.9. The largest absolute Gasteiger partial charge is 0.439 e. The molecule has 0 spiro atoms. The number of nitrogens with zero attached hydrogens (tertiary/aromatic N) is 3. The average molecular weight is 325 g/mol. The Morgan fingerprint density at radius 2 is 2.22 bits per heavy atom. The zero-order valence-corrected chi connectivity index (χ0v) is 13.7. The molecule has 1 aromatic heterocycles. The summed E-state index contributed by atoms with van der Waals surface area (Å²) in [7, 11) is 0. The molecule has 1 fully saturated rings. The first-order chi connectivity index (χ1) is 10.8. The van der Waals surface area contributed by atoms with Crippen molar-refractivity contribution in [1.29, 1.82) is 0 Å². The number of rotatable bonds is 3. The second kappa shape index (κ2) is 6.09. The van der Waals surface area contributed by atoms with E-state index in [4.69, 9.17) is 14.2 Å². The molecule has 2 aliphatic rings. The lowest BCUT2D eigenvalue weighted by atomic mass is 9.85. The van der Waals surface area contributed by atoms with Gasteiger partial charge in [0.1, 0.15) is 18.4 Å². The second-order valence-corrected chi connectivity index (χ2v) is 7.17. The van der Waals surface area contributed by atoms with Gasteiger partial charge in [-0.1, -0.05) is 20.8 Å². The summed E-state index contributed by atoms with van der Waals surface area (Å²) in [6.45, 7) is 7.35. The molecule has 1 aromatic rings. The molecule has 128 valence electrons. The molecule has 1 unspecified atom stereocenters. The highest BCUT2D eigenvalue weighted by Gasteiger charge is 2.43. The molecule has 3 atom stereocenters. The third-order valence-electron chi connectivity index (χ3n) is 4.18. The molecule has 23 heavy (non-hydrogen) atoms. The SMILES string of the molecule is CC(C)(C)[C@@H]1Oc2nc([N+](=O)[O-])cn2C[C@H]1OC1CCCCO1. The van der Waals surface area contributed by atoms with E-state index in [1.54, 1.807) is 4.57 Å². The van der Waals surface area contributed by atoms with Crippen molar-refractivity contribution in [3.8, 4) is 6.01 Å². The van der Waals surface area contributed by atoms with Crippen molar-refractivity contribution in [3.05, 3.63) is 16.3 Å². The van der Waals surface area contributed by atoms with Crippen LogP contribution in [0.5, 0.6) is 6.01 Å². The Kier molecular flexibility index (Phi) is 4.29. The van der Waals surface area contributed by atoms with Crippen molar-refractivity contribution in [1.82, 2.24) is 9.55 Å². The summed E-state index contributed by atoms with van der Waals surface area (Å²) < 4.78 is 19.4. The van der Waals surface area contributed by atoms with Crippen LogP contribution in [0.15, 0.2) is 6.20 Å². The summed E-state index contributed by atoms with van der Waals surface area (Å²) in [4.78, 5) is 14.4. The standard InChI is InChI=1S/C15H23N3O5/c1-15(2,3)13-10(22-12-6-4-5-7-21-12)8-17-9-11(18(19)20)16-14(17)23-13/h9-10,12-13H,4-8H2,1-3H3/t10-,12?,13-/m1/s1. The predicted molar refractivity (Wildman–Crippen MR) is 81.2 cm³/mol. The quantitative estimate of drug-likeness (QED) is 0.626. The van der Waals surface area contributed by atoms with E-state index in [2.05, 4.69) is 25.8 Å². The first-order valence-corrected chi connectivity index (χ1v) is 8.00. The fourth-order valence-electron chi connectivity index (χ4n) is 3.04. The minimum absolute atomic E-state index is 0.189. The number of fused-ring (bicyclic) bond motifs is 1. The van der Waals surface area contributed by atoms with Gasteiger partial charge >= 0.3 is 11.8 Å². The second-order valence-electron chi connectivity index (χ2n) is 7.17. The number of nitro groups is 1. The van der Waals surface area contributed by atoms with E-state index in [0.717, 1.165) is 19.3 Å². The van der Waals surface area contributed by atoms with Gasteiger partial charge in [-0.25, -0.2) is 0 Å². The maximum Gasteiger partial charge on any atom is 0.414 e. The van der Waals surface area contributed by atoms with E-state index in [1.165, 1.54) is 6.20 Å². The fraction of sp³-hybridized carbons (Fsp3) is 0.800. The van der Waals surface area contributed by atoms with E-state index in [9.17, 15) is 10.1 Å². The Labute approximate surface area is 134 Å². The monoisotopic (exact) mass is 325 g/mol. The van der Waals surface area contributed by atoms with Crippen LogP contribution in [0.25, 0.3) is 0 Å². The molecule has 0 saturated carbocycles. The lowest BCUT2D eigenvalue weighted by molar-refractivity contribution is -0.389. The molecule has 0 radical (unpaired) electrons. The number of hydrogen-bond donors (Lipinski definition) is 0. The Hall–Kier alpha value is -1.67. The Bertz CT molecular complexity index is 574. The number of hydrogen-bond acceptors (Lipinski definition) is 6. The van der Waals surface area contributed by atoms with Crippen LogP contribution in [0, 0.1) is 15.5 Å². The van der Waals surface area contributed by atoms with Crippen LogP contribution in [-0.2, 0) is 16.0 Å². The molecule has 0 aromatic carbocycles. The Balaban J connectivity index is 1.81. The van der Waals surface area contributed by atoms with Gasteiger partial charge in [0.15, 0.2) is 6.29 Å². The summed E-state index contributed by atoms with van der Waals surface area (Å²) in [6, 6.07) is 0.279. The molecule has 3 rings (SSSR count). The van der Waals surface area contributed by atoms with Crippen molar-refractivity contribution in [3.63, 3.8) is 0 Å². The number of imidazole rings is 1. The maximum absolute atomic E-state index is 10.9. The molecule has 0 bridgehead atoms. The van der Waals surface area contributed by atoms with Crippen molar-refractivity contribution >= 4 is 5.82 Å². The van der Waals surface area contributed by atoms with Gasteiger partial charge < -0.3 is 24.3 Å². The molecule has 3 heterocycles. The van der Waals surface area contributed by atoms with Crippen LogP contribution in [0.3, 0.4) is 0 Å². The first-order valence-electron chi connectivity index (χ1n) is 8.00.